The second-order valence-electron chi connectivity index (χ2n) is 4.72. The molecule has 0 radical (unpaired) electrons. The molecule has 0 spiro atoms. The molecule has 0 unspecified atom stereocenters. The van der Waals surface area contributed by atoms with Gasteiger partial charge in [0.15, 0.2) is 0 Å². The van der Waals surface area contributed by atoms with Gasteiger partial charge in [-0.1, -0.05) is 44.2 Å². The van der Waals surface area contributed by atoms with Crippen LogP contribution in [0.1, 0.15) is 26.3 Å². The molecule has 0 heterocycles. The van der Waals surface area contributed by atoms with Crippen molar-refractivity contribution < 1.29 is 14.3 Å². The summed E-state index contributed by atoms with van der Waals surface area (Å²) in [5.74, 6) is -0.259. The molecule has 20 heavy (non-hydrogen) atoms. The summed E-state index contributed by atoms with van der Waals surface area (Å²) in [6.45, 7) is 9.17. The normalized spacial score (nSPS) is 12.4. The average Bonchev–Trinajstić information content (AvgIpc) is 2.45. The Bertz CT molecular complexity index is 377. The molecule has 1 atom stereocenters. The van der Waals surface area contributed by atoms with E-state index in [2.05, 4.69) is 18.7 Å². The highest BCUT2D eigenvalue weighted by Gasteiger charge is 2.15. The third kappa shape index (κ3) is 6.68. The molecule has 0 saturated heterocycles. The van der Waals surface area contributed by atoms with Gasteiger partial charge in [0.1, 0.15) is 6.10 Å². The number of carbonyl (C=O) groups is 1. The highest BCUT2D eigenvalue weighted by Crippen LogP contribution is 2.04. The van der Waals surface area contributed by atoms with Gasteiger partial charge in [-0.15, -0.1) is 0 Å². The molecule has 0 aliphatic heterocycles. The highest BCUT2D eigenvalue weighted by atomic mass is 16.6. The van der Waals surface area contributed by atoms with Crippen molar-refractivity contribution in [3.8, 4) is 0 Å². The van der Waals surface area contributed by atoms with Gasteiger partial charge in [-0.05, 0) is 18.7 Å². The number of likely N-dealkylation sites (N-methyl/N-ethyl adjacent to an activating group) is 1. The molecular formula is C16H25NO3. The molecule has 112 valence electrons. The van der Waals surface area contributed by atoms with Gasteiger partial charge < -0.3 is 14.4 Å². The molecule has 0 saturated carbocycles. The molecule has 1 aromatic carbocycles. The Morgan fingerprint density at radius 1 is 1.20 bits per heavy atom. The molecule has 0 fully saturated rings. The van der Waals surface area contributed by atoms with E-state index in [4.69, 9.17) is 9.47 Å². The van der Waals surface area contributed by atoms with Crippen molar-refractivity contribution >= 4 is 5.97 Å². The first kappa shape index (κ1) is 16.7. The number of rotatable bonds is 9. The zero-order valence-corrected chi connectivity index (χ0v) is 12.7. The van der Waals surface area contributed by atoms with Crippen molar-refractivity contribution in [2.45, 2.75) is 33.5 Å². The summed E-state index contributed by atoms with van der Waals surface area (Å²) < 4.78 is 11.0. The van der Waals surface area contributed by atoms with Gasteiger partial charge in [-0.2, -0.15) is 0 Å². The van der Waals surface area contributed by atoms with Crippen LogP contribution in [0.4, 0.5) is 0 Å². The van der Waals surface area contributed by atoms with Crippen LogP contribution in [0.25, 0.3) is 0 Å². The lowest BCUT2D eigenvalue weighted by atomic mass is 10.2. The first-order valence-corrected chi connectivity index (χ1v) is 7.16. The van der Waals surface area contributed by atoms with E-state index < -0.39 is 0 Å². The van der Waals surface area contributed by atoms with Crippen LogP contribution in [0.3, 0.4) is 0 Å². The van der Waals surface area contributed by atoms with Crippen molar-refractivity contribution in [3.05, 3.63) is 35.9 Å². The Morgan fingerprint density at radius 2 is 1.85 bits per heavy atom. The van der Waals surface area contributed by atoms with E-state index in [9.17, 15) is 4.79 Å². The molecule has 0 aromatic heterocycles. The number of esters is 1. The lowest BCUT2D eigenvalue weighted by Gasteiger charge is -2.24. The summed E-state index contributed by atoms with van der Waals surface area (Å²) in [6.07, 6.45) is -0.212. The molecule has 1 rings (SSSR count). The summed E-state index contributed by atoms with van der Waals surface area (Å²) in [7, 11) is 0. The van der Waals surface area contributed by atoms with Crippen LogP contribution >= 0.6 is 0 Å². The van der Waals surface area contributed by atoms with Crippen LogP contribution in [0, 0.1) is 0 Å². The SMILES string of the molecule is CCN(CC)C[C@@H](COCc1ccccc1)OC(C)=O. The molecule has 0 aliphatic carbocycles. The topological polar surface area (TPSA) is 38.8 Å². The molecule has 4 heteroatoms. The minimum atomic E-state index is -0.259. The second kappa shape index (κ2) is 9.50. The largest absolute Gasteiger partial charge is 0.459 e. The Hall–Kier alpha value is -1.39. The zero-order valence-electron chi connectivity index (χ0n) is 12.7. The summed E-state index contributed by atoms with van der Waals surface area (Å²) in [5.41, 5.74) is 1.12. The van der Waals surface area contributed by atoms with Crippen LogP contribution in [0.15, 0.2) is 30.3 Å². The quantitative estimate of drug-likeness (QED) is 0.651. The summed E-state index contributed by atoms with van der Waals surface area (Å²) in [6, 6.07) is 9.98. The molecule has 1 aromatic rings. The minimum Gasteiger partial charge on any atom is -0.459 e. The van der Waals surface area contributed by atoms with Crippen LogP contribution in [0.2, 0.25) is 0 Å². The number of hydrogen-bond donors (Lipinski definition) is 0. The molecule has 0 bridgehead atoms. The minimum absolute atomic E-state index is 0.212. The van der Waals surface area contributed by atoms with Crippen molar-refractivity contribution in [3.63, 3.8) is 0 Å². The summed E-state index contributed by atoms with van der Waals surface area (Å²) >= 11 is 0. The van der Waals surface area contributed by atoms with Gasteiger partial charge in [0.2, 0.25) is 0 Å². The van der Waals surface area contributed by atoms with Gasteiger partial charge in [0.25, 0.3) is 0 Å². The smallest absolute Gasteiger partial charge is 0.303 e. The van der Waals surface area contributed by atoms with Crippen molar-refractivity contribution in [2.75, 3.05) is 26.2 Å². The second-order valence-corrected chi connectivity index (χ2v) is 4.72. The monoisotopic (exact) mass is 279 g/mol. The van der Waals surface area contributed by atoms with E-state index in [0.29, 0.717) is 19.8 Å². The fourth-order valence-electron chi connectivity index (χ4n) is 2.01. The van der Waals surface area contributed by atoms with Crippen molar-refractivity contribution in [1.82, 2.24) is 4.90 Å². The van der Waals surface area contributed by atoms with Gasteiger partial charge in [-0.3, -0.25) is 4.79 Å². The van der Waals surface area contributed by atoms with E-state index in [1.54, 1.807) is 0 Å². The third-order valence-corrected chi connectivity index (χ3v) is 3.10. The average molecular weight is 279 g/mol. The van der Waals surface area contributed by atoms with Gasteiger partial charge in [0.05, 0.1) is 13.2 Å². The van der Waals surface area contributed by atoms with E-state index in [0.717, 1.165) is 18.7 Å². The maximum atomic E-state index is 11.1. The first-order valence-electron chi connectivity index (χ1n) is 7.16. The van der Waals surface area contributed by atoms with E-state index in [-0.39, 0.29) is 12.1 Å². The zero-order chi connectivity index (χ0) is 14.8. The van der Waals surface area contributed by atoms with E-state index in [1.165, 1.54) is 6.92 Å². The highest BCUT2D eigenvalue weighted by molar-refractivity contribution is 5.66. The molecule has 0 amide bonds. The Labute approximate surface area is 121 Å². The van der Waals surface area contributed by atoms with Crippen molar-refractivity contribution in [1.29, 1.82) is 0 Å². The molecule has 0 N–H and O–H groups in total. The van der Waals surface area contributed by atoms with Crippen LogP contribution in [-0.4, -0.2) is 43.2 Å². The lowest BCUT2D eigenvalue weighted by Crippen LogP contribution is -2.37. The fourth-order valence-corrected chi connectivity index (χ4v) is 2.01. The number of carbonyl (C=O) groups excluding carboxylic acids is 1. The van der Waals surface area contributed by atoms with Crippen LogP contribution in [-0.2, 0) is 20.9 Å². The Morgan fingerprint density at radius 3 is 2.40 bits per heavy atom. The van der Waals surface area contributed by atoms with Crippen molar-refractivity contribution in [2.24, 2.45) is 0 Å². The van der Waals surface area contributed by atoms with Gasteiger partial charge >= 0.3 is 5.97 Å². The molecule has 4 nitrogen and oxygen atoms in total. The third-order valence-electron chi connectivity index (χ3n) is 3.10. The molecular weight excluding hydrogens is 254 g/mol. The van der Waals surface area contributed by atoms with Crippen LogP contribution < -0.4 is 0 Å². The van der Waals surface area contributed by atoms with Gasteiger partial charge in [-0.25, -0.2) is 0 Å². The predicted molar refractivity (Wildman–Crippen MR) is 79.4 cm³/mol. The Kier molecular flexibility index (Phi) is 7.92. The maximum Gasteiger partial charge on any atom is 0.303 e. The first-order chi connectivity index (χ1) is 9.65. The predicted octanol–water partition coefficient (Wildman–Crippen LogP) is 2.48. The number of ether oxygens (including phenoxy) is 2. The maximum absolute atomic E-state index is 11.1. The van der Waals surface area contributed by atoms with Crippen LogP contribution in [0.5, 0.6) is 0 Å². The summed E-state index contributed by atoms with van der Waals surface area (Å²) in [4.78, 5) is 13.4. The fraction of sp³-hybridized carbons (Fsp3) is 0.562. The number of hydrogen-bond acceptors (Lipinski definition) is 4. The number of benzene rings is 1. The molecule has 0 aliphatic rings. The standard InChI is InChI=1S/C16H25NO3/c1-4-17(5-2)11-16(20-14(3)18)13-19-12-15-9-7-6-8-10-15/h6-10,16H,4-5,11-13H2,1-3H3/t16-/m0/s1. The van der Waals surface area contributed by atoms with E-state index in [1.807, 2.05) is 30.3 Å². The van der Waals surface area contributed by atoms with Gasteiger partial charge in [0, 0.05) is 13.5 Å². The van der Waals surface area contributed by atoms with E-state index >= 15 is 0 Å². The summed E-state index contributed by atoms with van der Waals surface area (Å²) in [5, 5.41) is 0. The number of nitrogens with zero attached hydrogens (tertiary/aromatic N) is 1. The lowest BCUT2D eigenvalue weighted by molar-refractivity contribution is -0.150. The Balaban J connectivity index is 2.41.